The van der Waals surface area contributed by atoms with E-state index in [9.17, 15) is 4.79 Å². The summed E-state index contributed by atoms with van der Waals surface area (Å²) in [6, 6.07) is 8.44. The van der Waals surface area contributed by atoms with Gasteiger partial charge in [-0.05, 0) is 69.3 Å². The summed E-state index contributed by atoms with van der Waals surface area (Å²) in [4.78, 5) is 15.8. The van der Waals surface area contributed by atoms with E-state index in [4.69, 9.17) is 16.3 Å². The number of rotatable bonds is 4. The van der Waals surface area contributed by atoms with Crippen molar-refractivity contribution in [3.63, 3.8) is 0 Å². The fourth-order valence-corrected chi connectivity index (χ4v) is 5.58. The van der Waals surface area contributed by atoms with Gasteiger partial charge in [-0.25, -0.2) is 0 Å². The van der Waals surface area contributed by atoms with Crippen molar-refractivity contribution >= 4 is 17.6 Å². The van der Waals surface area contributed by atoms with Crippen molar-refractivity contribution in [1.29, 1.82) is 0 Å². The van der Waals surface area contributed by atoms with Gasteiger partial charge in [0.05, 0.1) is 12.0 Å². The first-order valence-electron chi connectivity index (χ1n) is 10.4. The van der Waals surface area contributed by atoms with Crippen molar-refractivity contribution in [3.05, 3.63) is 34.9 Å². The van der Waals surface area contributed by atoms with Crippen LogP contribution in [0.1, 0.15) is 63.4 Å². The van der Waals surface area contributed by atoms with Gasteiger partial charge in [-0.15, -0.1) is 0 Å². The number of carbonyl (C=O) groups excluding carboxylic acids is 1. The molecule has 3 nitrogen and oxygen atoms in total. The summed E-state index contributed by atoms with van der Waals surface area (Å²) < 4.78 is 6.00. The van der Waals surface area contributed by atoms with Gasteiger partial charge < -0.3 is 4.74 Å². The van der Waals surface area contributed by atoms with Crippen molar-refractivity contribution in [2.75, 3.05) is 19.7 Å². The fraction of sp³-hybridized carbons (Fsp3) is 0.682. The van der Waals surface area contributed by atoms with E-state index >= 15 is 0 Å². The minimum absolute atomic E-state index is 0.00902. The van der Waals surface area contributed by atoms with Gasteiger partial charge in [-0.1, -0.05) is 43.0 Å². The Balaban J connectivity index is 1.44. The molecule has 4 heteroatoms. The number of piperidine rings is 2. The van der Waals surface area contributed by atoms with Crippen LogP contribution in [0.2, 0.25) is 5.02 Å². The van der Waals surface area contributed by atoms with E-state index in [0.717, 1.165) is 36.3 Å². The molecule has 3 aliphatic rings. The van der Waals surface area contributed by atoms with E-state index in [1.165, 1.54) is 45.2 Å². The zero-order valence-electron chi connectivity index (χ0n) is 15.6. The SMILES string of the molecule is O=C(OC[C@H]1CCCN2CCCC[C@H]12)C1(c2ccc(Cl)cc2)CCCC1. The Morgan fingerprint density at radius 2 is 1.77 bits per heavy atom. The third-order valence-corrected chi connectivity index (χ3v) is 7.15. The molecule has 142 valence electrons. The van der Waals surface area contributed by atoms with E-state index in [2.05, 4.69) is 4.90 Å². The molecule has 2 atom stereocenters. The largest absolute Gasteiger partial charge is 0.465 e. The molecule has 1 aromatic rings. The summed E-state index contributed by atoms with van der Waals surface area (Å²) in [5.41, 5.74) is 0.623. The lowest BCUT2D eigenvalue weighted by Gasteiger charge is -2.44. The molecule has 1 aliphatic carbocycles. The van der Waals surface area contributed by atoms with E-state index in [1.54, 1.807) is 0 Å². The van der Waals surface area contributed by atoms with Crippen molar-refractivity contribution < 1.29 is 9.53 Å². The van der Waals surface area contributed by atoms with Crippen LogP contribution in [0.5, 0.6) is 0 Å². The number of carbonyl (C=O) groups is 1. The molecule has 1 saturated carbocycles. The van der Waals surface area contributed by atoms with Crippen molar-refractivity contribution in [2.45, 2.75) is 69.2 Å². The number of ether oxygens (including phenoxy) is 1. The molecule has 26 heavy (non-hydrogen) atoms. The molecule has 0 aromatic heterocycles. The molecule has 4 rings (SSSR count). The smallest absolute Gasteiger partial charge is 0.316 e. The van der Waals surface area contributed by atoms with Crippen molar-refractivity contribution in [1.82, 2.24) is 4.90 Å². The first kappa shape index (κ1) is 18.3. The second-order valence-electron chi connectivity index (χ2n) is 8.40. The quantitative estimate of drug-likeness (QED) is 0.696. The summed E-state index contributed by atoms with van der Waals surface area (Å²) in [7, 11) is 0. The first-order valence-corrected chi connectivity index (χ1v) is 10.7. The Labute approximate surface area is 162 Å². The molecule has 3 fully saturated rings. The summed E-state index contributed by atoms with van der Waals surface area (Å²) in [5.74, 6) is 0.502. The molecule has 0 bridgehead atoms. The number of hydrogen-bond donors (Lipinski definition) is 0. The normalized spacial score (nSPS) is 28.5. The Bertz CT molecular complexity index is 622. The molecule has 1 aromatic carbocycles. The summed E-state index contributed by atoms with van der Waals surface area (Å²) in [5, 5.41) is 0.717. The Morgan fingerprint density at radius 1 is 1.04 bits per heavy atom. The number of nitrogens with zero attached hydrogens (tertiary/aromatic N) is 1. The predicted octanol–water partition coefficient (Wildman–Crippen LogP) is 4.96. The highest BCUT2D eigenvalue weighted by Gasteiger charge is 2.45. The molecular weight excluding hydrogens is 346 g/mol. The molecule has 0 N–H and O–H groups in total. The van der Waals surface area contributed by atoms with Gasteiger partial charge in [0.2, 0.25) is 0 Å². The lowest BCUT2D eigenvalue weighted by atomic mass is 9.79. The minimum Gasteiger partial charge on any atom is -0.465 e. The van der Waals surface area contributed by atoms with E-state index in [1.807, 2.05) is 24.3 Å². The van der Waals surface area contributed by atoms with Gasteiger partial charge in [-0.3, -0.25) is 9.69 Å². The fourth-order valence-electron chi connectivity index (χ4n) is 5.45. The van der Waals surface area contributed by atoms with E-state index < -0.39 is 5.41 Å². The molecular formula is C22H30ClNO2. The van der Waals surface area contributed by atoms with Gasteiger partial charge >= 0.3 is 5.97 Å². The third kappa shape index (κ3) is 3.53. The van der Waals surface area contributed by atoms with Crippen LogP contribution in [0.25, 0.3) is 0 Å². The molecule has 2 saturated heterocycles. The van der Waals surface area contributed by atoms with Gasteiger partial charge in [0.1, 0.15) is 0 Å². The Hall–Kier alpha value is -1.06. The van der Waals surface area contributed by atoms with Crippen LogP contribution in [0.3, 0.4) is 0 Å². The number of halogens is 1. The number of benzene rings is 1. The Kier molecular flexibility index (Phi) is 5.56. The number of esters is 1. The highest BCUT2D eigenvalue weighted by molar-refractivity contribution is 6.30. The van der Waals surface area contributed by atoms with E-state index in [0.29, 0.717) is 18.6 Å². The molecule has 0 amide bonds. The Morgan fingerprint density at radius 3 is 2.54 bits per heavy atom. The van der Waals surface area contributed by atoms with Crippen LogP contribution in [-0.4, -0.2) is 36.6 Å². The second-order valence-corrected chi connectivity index (χ2v) is 8.83. The van der Waals surface area contributed by atoms with Crippen LogP contribution < -0.4 is 0 Å². The lowest BCUT2D eigenvalue weighted by molar-refractivity contribution is -0.153. The summed E-state index contributed by atoms with van der Waals surface area (Å²) in [6.45, 7) is 3.04. The first-order chi connectivity index (χ1) is 12.7. The zero-order chi connectivity index (χ0) is 18.0. The third-order valence-electron chi connectivity index (χ3n) is 6.90. The van der Waals surface area contributed by atoms with Crippen LogP contribution >= 0.6 is 11.6 Å². The monoisotopic (exact) mass is 375 g/mol. The molecule has 2 aliphatic heterocycles. The molecule has 0 unspecified atom stereocenters. The van der Waals surface area contributed by atoms with Crippen LogP contribution in [-0.2, 0) is 14.9 Å². The summed E-state index contributed by atoms with van der Waals surface area (Å²) >= 11 is 6.05. The maximum absolute atomic E-state index is 13.2. The van der Waals surface area contributed by atoms with Crippen LogP contribution in [0.15, 0.2) is 24.3 Å². The zero-order valence-corrected chi connectivity index (χ0v) is 16.3. The van der Waals surface area contributed by atoms with Crippen molar-refractivity contribution in [3.8, 4) is 0 Å². The highest BCUT2D eigenvalue weighted by atomic mass is 35.5. The molecule has 2 heterocycles. The van der Waals surface area contributed by atoms with Crippen LogP contribution in [0.4, 0.5) is 0 Å². The maximum Gasteiger partial charge on any atom is 0.316 e. The number of fused-ring (bicyclic) bond motifs is 1. The second kappa shape index (κ2) is 7.90. The van der Waals surface area contributed by atoms with E-state index in [-0.39, 0.29) is 5.97 Å². The topological polar surface area (TPSA) is 29.5 Å². The predicted molar refractivity (Wildman–Crippen MR) is 104 cm³/mol. The van der Waals surface area contributed by atoms with Gasteiger partial charge in [-0.2, -0.15) is 0 Å². The standard InChI is InChI=1S/C22H30ClNO2/c23-19-10-8-18(9-11-19)22(12-2-3-13-22)21(25)26-16-17-6-5-15-24-14-4-1-7-20(17)24/h8-11,17,20H,1-7,12-16H2/t17-,20-/m1/s1. The van der Waals surface area contributed by atoms with Gasteiger partial charge in [0.15, 0.2) is 0 Å². The highest BCUT2D eigenvalue weighted by Crippen LogP contribution is 2.43. The maximum atomic E-state index is 13.2. The molecule has 0 spiro atoms. The van der Waals surface area contributed by atoms with Gasteiger partial charge in [0.25, 0.3) is 0 Å². The lowest BCUT2D eigenvalue weighted by Crippen LogP contribution is -2.49. The van der Waals surface area contributed by atoms with Gasteiger partial charge in [0, 0.05) is 17.0 Å². The number of hydrogen-bond acceptors (Lipinski definition) is 3. The minimum atomic E-state index is -0.453. The van der Waals surface area contributed by atoms with Crippen molar-refractivity contribution in [2.24, 2.45) is 5.92 Å². The summed E-state index contributed by atoms with van der Waals surface area (Å²) in [6.07, 6.45) is 10.3. The van der Waals surface area contributed by atoms with Crippen LogP contribution in [0, 0.1) is 5.92 Å². The average Bonchev–Trinajstić information content (AvgIpc) is 3.18. The molecule has 0 radical (unpaired) electrons. The average molecular weight is 376 g/mol.